The average molecular weight is 424 g/mol. The van der Waals surface area contributed by atoms with Gasteiger partial charge in [0.25, 0.3) is 0 Å². The minimum Gasteiger partial charge on any atom is -0.480 e. The van der Waals surface area contributed by atoms with Gasteiger partial charge in [0.15, 0.2) is 5.41 Å². The zero-order valence-electron chi connectivity index (χ0n) is 18.1. The predicted molar refractivity (Wildman–Crippen MR) is 105 cm³/mol. The van der Waals surface area contributed by atoms with Crippen LogP contribution in [0.2, 0.25) is 0 Å². The van der Waals surface area contributed by atoms with E-state index in [0.29, 0.717) is 12.8 Å². The number of esters is 2. The third-order valence-corrected chi connectivity index (χ3v) is 7.77. The standard InChI is InChI=1S/C22H32O8/c1-21-9-8-16(30-12-27-2)17(18(23)28-3)15(21)6-5-13-11-22(19(24)25,20(26)29-4)10-7-14(13)21/h5-6,13-17H,7-12H2,1-4H3,(H,24,25)/t13-,14-,15+,16+,17+,21-,22+/m1/s1. The van der Waals surface area contributed by atoms with Gasteiger partial charge in [0.2, 0.25) is 0 Å². The van der Waals surface area contributed by atoms with Crippen molar-refractivity contribution in [1.82, 2.24) is 0 Å². The Bertz CT molecular complexity index is 718. The highest BCUT2D eigenvalue weighted by Gasteiger charge is 2.60. The van der Waals surface area contributed by atoms with E-state index in [9.17, 15) is 19.5 Å². The van der Waals surface area contributed by atoms with Gasteiger partial charge in [-0.1, -0.05) is 19.1 Å². The first-order chi connectivity index (χ1) is 14.2. The molecule has 30 heavy (non-hydrogen) atoms. The van der Waals surface area contributed by atoms with Crippen LogP contribution in [0.15, 0.2) is 12.2 Å². The Labute approximate surface area is 176 Å². The maximum absolute atomic E-state index is 12.7. The molecule has 8 heteroatoms. The lowest BCUT2D eigenvalue weighted by molar-refractivity contribution is -0.182. The van der Waals surface area contributed by atoms with Crippen LogP contribution in [-0.2, 0) is 33.3 Å². The van der Waals surface area contributed by atoms with E-state index in [1.165, 1.54) is 14.2 Å². The summed E-state index contributed by atoms with van der Waals surface area (Å²) in [5, 5.41) is 9.83. The second-order valence-corrected chi connectivity index (χ2v) is 9.01. The van der Waals surface area contributed by atoms with Crippen LogP contribution in [0.4, 0.5) is 0 Å². The first kappa shape index (κ1) is 22.7. The van der Waals surface area contributed by atoms with Gasteiger partial charge in [-0.05, 0) is 55.3 Å². The number of fused-ring (bicyclic) bond motifs is 3. The molecule has 3 aliphatic rings. The van der Waals surface area contributed by atoms with Crippen molar-refractivity contribution < 1.29 is 38.4 Å². The molecule has 168 valence electrons. The summed E-state index contributed by atoms with van der Waals surface area (Å²) in [6, 6.07) is 0. The second kappa shape index (κ2) is 8.67. The molecule has 3 aliphatic carbocycles. The van der Waals surface area contributed by atoms with E-state index in [0.717, 1.165) is 6.42 Å². The summed E-state index contributed by atoms with van der Waals surface area (Å²) in [4.78, 5) is 37.1. The van der Waals surface area contributed by atoms with Crippen molar-refractivity contribution >= 4 is 17.9 Å². The Hall–Kier alpha value is -1.93. The van der Waals surface area contributed by atoms with Crippen LogP contribution in [0.25, 0.3) is 0 Å². The van der Waals surface area contributed by atoms with Gasteiger partial charge >= 0.3 is 17.9 Å². The number of allylic oxidation sites excluding steroid dienone is 2. The highest BCUT2D eigenvalue weighted by atomic mass is 16.7. The van der Waals surface area contributed by atoms with E-state index in [1.807, 2.05) is 12.2 Å². The van der Waals surface area contributed by atoms with E-state index >= 15 is 0 Å². The van der Waals surface area contributed by atoms with Crippen molar-refractivity contribution in [3.8, 4) is 0 Å². The molecule has 0 aromatic rings. The molecular formula is C22H32O8. The van der Waals surface area contributed by atoms with Gasteiger partial charge in [0.1, 0.15) is 6.79 Å². The molecule has 0 bridgehead atoms. The molecule has 0 spiro atoms. The lowest BCUT2D eigenvalue weighted by Crippen LogP contribution is -2.56. The van der Waals surface area contributed by atoms with E-state index < -0.39 is 23.3 Å². The molecule has 0 amide bonds. The molecule has 2 saturated carbocycles. The molecule has 1 N–H and O–H groups in total. The van der Waals surface area contributed by atoms with Crippen molar-refractivity contribution in [2.45, 2.75) is 45.1 Å². The number of carbonyl (C=O) groups is 3. The second-order valence-electron chi connectivity index (χ2n) is 9.01. The molecule has 0 aliphatic heterocycles. The van der Waals surface area contributed by atoms with Crippen LogP contribution < -0.4 is 0 Å². The summed E-state index contributed by atoms with van der Waals surface area (Å²) < 4.78 is 20.8. The first-order valence-electron chi connectivity index (χ1n) is 10.4. The average Bonchev–Trinajstić information content (AvgIpc) is 2.75. The lowest BCUT2D eigenvalue weighted by atomic mass is 9.47. The van der Waals surface area contributed by atoms with Crippen molar-refractivity contribution in [3.63, 3.8) is 0 Å². The third kappa shape index (κ3) is 3.54. The fraction of sp³-hybridized carbons (Fsp3) is 0.773. The van der Waals surface area contributed by atoms with Crippen LogP contribution in [0, 0.1) is 34.5 Å². The Balaban J connectivity index is 1.93. The Morgan fingerprint density at radius 3 is 2.40 bits per heavy atom. The lowest BCUT2D eigenvalue weighted by Gasteiger charge is -2.57. The molecule has 0 saturated heterocycles. The first-order valence-corrected chi connectivity index (χ1v) is 10.4. The summed E-state index contributed by atoms with van der Waals surface area (Å²) in [6.07, 6.45) is 6.27. The van der Waals surface area contributed by atoms with Gasteiger partial charge in [-0.15, -0.1) is 0 Å². The van der Waals surface area contributed by atoms with E-state index in [1.54, 1.807) is 7.11 Å². The molecule has 3 rings (SSSR count). The SMILES string of the molecule is COCO[C@H]1CC[C@]2(C)[C@@H]3CC[C@](C(=O)O)(C(=O)OC)C[C@H]3C=C[C@H]2[C@@H]1C(=O)OC. The number of aliphatic carboxylic acids is 1. The van der Waals surface area contributed by atoms with E-state index in [4.69, 9.17) is 18.9 Å². The zero-order chi connectivity index (χ0) is 22.1. The van der Waals surface area contributed by atoms with Crippen LogP contribution in [-0.4, -0.2) is 57.2 Å². The molecule has 0 unspecified atom stereocenters. The molecule has 7 atom stereocenters. The Morgan fingerprint density at radius 2 is 1.80 bits per heavy atom. The molecule has 0 radical (unpaired) electrons. The molecule has 2 fully saturated rings. The number of hydrogen-bond acceptors (Lipinski definition) is 7. The number of carboxylic acid groups (broad SMARTS) is 1. The van der Waals surface area contributed by atoms with Gasteiger partial charge in [0, 0.05) is 7.11 Å². The van der Waals surface area contributed by atoms with Crippen molar-refractivity contribution in [2.24, 2.45) is 34.5 Å². The molecule has 8 nitrogen and oxygen atoms in total. The normalized spacial score (nSPS) is 40.1. The molecule has 0 heterocycles. The summed E-state index contributed by atoms with van der Waals surface area (Å²) >= 11 is 0. The maximum atomic E-state index is 12.7. The van der Waals surface area contributed by atoms with Gasteiger partial charge in [-0.25, -0.2) is 0 Å². The van der Waals surface area contributed by atoms with Crippen LogP contribution in [0.1, 0.15) is 39.0 Å². The van der Waals surface area contributed by atoms with E-state index in [-0.39, 0.29) is 54.9 Å². The largest absolute Gasteiger partial charge is 0.480 e. The fourth-order valence-electron chi connectivity index (χ4n) is 6.20. The number of hydrogen-bond donors (Lipinski definition) is 1. The van der Waals surface area contributed by atoms with Gasteiger partial charge < -0.3 is 24.1 Å². The highest BCUT2D eigenvalue weighted by molar-refractivity contribution is 5.99. The minimum absolute atomic E-state index is 0.0649. The Kier molecular flexibility index (Phi) is 6.57. The highest BCUT2D eigenvalue weighted by Crippen LogP contribution is 2.61. The predicted octanol–water partition coefficient (Wildman–Crippen LogP) is 2.41. The quantitative estimate of drug-likeness (QED) is 0.300. The monoisotopic (exact) mass is 424 g/mol. The van der Waals surface area contributed by atoms with Crippen LogP contribution in [0.5, 0.6) is 0 Å². The van der Waals surface area contributed by atoms with Crippen molar-refractivity contribution in [1.29, 1.82) is 0 Å². The number of carboxylic acids is 1. The topological polar surface area (TPSA) is 108 Å². The summed E-state index contributed by atoms with van der Waals surface area (Å²) in [6.45, 7) is 2.28. The molecule has 0 aromatic carbocycles. The van der Waals surface area contributed by atoms with Crippen LogP contribution >= 0.6 is 0 Å². The van der Waals surface area contributed by atoms with Crippen LogP contribution in [0.3, 0.4) is 0 Å². The minimum atomic E-state index is -1.51. The smallest absolute Gasteiger partial charge is 0.323 e. The molecule has 0 aromatic heterocycles. The Morgan fingerprint density at radius 1 is 1.07 bits per heavy atom. The van der Waals surface area contributed by atoms with Gasteiger partial charge in [-0.3, -0.25) is 14.4 Å². The number of methoxy groups -OCH3 is 3. The van der Waals surface area contributed by atoms with Crippen molar-refractivity contribution in [3.05, 3.63) is 12.2 Å². The van der Waals surface area contributed by atoms with Gasteiger partial charge in [-0.2, -0.15) is 0 Å². The maximum Gasteiger partial charge on any atom is 0.323 e. The summed E-state index contributed by atoms with van der Waals surface area (Å²) in [5.74, 6) is -2.55. The molecular weight excluding hydrogens is 392 g/mol. The number of rotatable bonds is 6. The van der Waals surface area contributed by atoms with Gasteiger partial charge in [0.05, 0.1) is 26.2 Å². The summed E-state index contributed by atoms with van der Waals surface area (Å²) in [7, 11) is 4.16. The third-order valence-electron chi connectivity index (χ3n) is 7.77. The summed E-state index contributed by atoms with van der Waals surface area (Å²) in [5.41, 5.74) is -1.73. The number of ether oxygens (including phenoxy) is 4. The zero-order valence-corrected chi connectivity index (χ0v) is 18.1. The fourth-order valence-corrected chi connectivity index (χ4v) is 6.20. The number of carbonyl (C=O) groups excluding carboxylic acids is 2. The van der Waals surface area contributed by atoms with Crippen molar-refractivity contribution in [2.75, 3.05) is 28.1 Å². The van der Waals surface area contributed by atoms with E-state index in [2.05, 4.69) is 6.92 Å².